The lowest BCUT2D eigenvalue weighted by atomic mass is 10.1. The van der Waals surface area contributed by atoms with Crippen LogP contribution in [0.25, 0.3) is 0 Å². The highest BCUT2D eigenvalue weighted by atomic mass is 16.6. The molecule has 1 aliphatic rings. The number of Topliss-reactive ketones (excluding diaryl/α,β-unsaturated/α-hetero) is 1. The predicted molar refractivity (Wildman–Crippen MR) is 90.9 cm³/mol. The Morgan fingerprint density at radius 2 is 1.85 bits per heavy atom. The monoisotopic (exact) mass is 375 g/mol. The van der Waals surface area contributed by atoms with Crippen molar-refractivity contribution in [1.29, 1.82) is 0 Å². The van der Waals surface area contributed by atoms with Gasteiger partial charge in [0, 0.05) is 11.8 Å². The molecule has 1 aromatic heterocycles. The minimum absolute atomic E-state index is 0.155. The maximum atomic E-state index is 12.2. The first kappa shape index (κ1) is 18.9. The fourth-order valence-electron chi connectivity index (χ4n) is 2.68. The summed E-state index contributed by atoms with van der Waals surface area (Å²) >= 11 is 0. The third kappa shape index (κ3) is 3.78. The lowest BCUT2D eigenvalue weighted by Crippen LogP contribution is -2.36. The Morgan fingerprint density at radius 1 is 1.15 bits per heavy atom. The Kier molecular flexibility index (Phi) is 5.42. The molecule has 0 aliphatic carbocycles. The molecule has 1 fully saturated rings. The Balaban J connectivity index is 1.75. The first-order chi connectivity index (χ1) is 12.9. The van der Waals surface area contributed by atoms with Crippen molar-refractivity contribution in [3.63, 3.8) is 0 Å². The Bertz CT molecular complexity index is 899. The van der Waals surface area contributed by atoms with Crippen molar-refractivity contribution in [3.8, 4) is 0 Å². The zero-order chi connectivity index (χ0) is 19.6. The molecular weight excluding hydrogens is 358 g/mol. The quantitative estimate of drug-likeness (QED) is 0.371. The number of carbonyl (C=O) groups excluding carboxylic acids is 2. The molecule has 1 amide bonds. The number of amides is 1. The smallest absolute Gasteiger partial charge is 0.351 e. The van der Waals surface area contributed by atoms with E-state index >= 15 is 0 Å². The number of hydrogen-bond acceptors (Lipinski definition) is 8. The van der Waals surface area contributed by atoms with E-state index in [-0.39, 0.29) is 11.4 Å². The van der Waals surface area contributed by atoms with Gasteiger partial charge in [0.1, 0.15) is 24.1 Å². The van der Waals surface area contributed by atoms with Gasteiger partial charge in [-0.1, -0.05) is 30.3 Å². The fourth-order valence-corrected chi connectivity index (χ4v) is 2.68. The molecule has 1 aromatic carbocycles. The SMILES string of the molecule is O=C(Nc1ccn([C@@H]2O[C@H](CO)[C@@H](O)[C@H]2O)c(=O)n1)C(=O)c1ccccc1. The van der Waals surface area contributed by atoms with Crippen molar-refractivity contribution in [2.75, 3.05) is 11.9 Å². The average Bonchev–Trinajstić information content (AvgIpc) is 2.96. The van der Waals surface area contributed by atoms with Crippen LogP contribution in [0.5, 0.6) is 0 Å². The van der Waals surface area contributed by atoms with E-state index in [4.69, 9.17) is 9.84 Å². The molecule has 0 bridgehead atoms. The molecule has 142 valence electrons. The predicted octanol–water partition coefficient (Wildman–Crippen LogP) is -1.32. The molecule has 2 aromatic rings. The normalized spacial score (nSPS) is 24.6. The van der Waals surface area contributed by atoms with Crippen LogP contribution in [0.15, 0.2) is 47.4 Å². The maximum Gasteiger partial charge on any atom is 0.351 e. The van der Waals surface area contributed by atoms with Gasteiger partial charge in [-0.15, -0.1) is 0 Å². The minimum atomic E-state index is -1.44. The van der Waals surface area contributed by atoms with Crippen LogP contribution in [0, 0.1) is 0 Å². The number of benzene rings is 1. The van der Waals surface area contributed by atoms with Gasteiger partial charge in [-0.25, -0.2) is 4.79 Å². The van der Waals surface area contributed by atoms with Gasteiger partial charge in [0.25, 0.3) is 11.7 Å². The fraction of sp³-hybridized carbons (Fsp3) is 0.294. The van der Waals surface area contributed by atoms with E-state index in [0.717, 1.165) is 4.57 Å². The summed E-state index contributed by atoms with van der Waals surface area (Å²) < 4.78 is 6.17. The molecule has 0 saturated carbocycles. The highest BCUT2D eigenvalue weighted by Crippen LogP contribution is 2.28. The Labute approximate surface area is 152 Å². The first-order valence-electron chi connectivity index (χ1n) is 8.04. The molecular formula is C17H17N3O7. The van der Waals surface area contributed by atoms with E-state index in [1.165, 1.54) is 24.4 Å². The molecule has 0 radical (unpaired) electrons. The van der Waals surface area contributed by atoms with Gasteiger partial charge in [-0.05, 0) is 6.07 Å². The summed E-state index contributed by atoms with van der Waals surface area (Å²) in [4.78, 5) is 39.8. The molecule has 1 saturated heterocycles. The molecule has 4 N–H and O–H groups in total. The topological polar surface area (TPSA) is 151 Å². The number of ether oxygens (including phenoxy) is 1. The van der Waals surface area contributed by atoms with Gasteiger partial charge >= 0.3 is 5.69 Å². The lowest BCUT2D eigenvalue weighted by molar-refractivity contribution is -0.112. The zero-order valence-corrected chi connectivity index (χ0v) is 13.9. The van der Waals surface area contributed by atoms with Crippen molar-refractivity contribution in [2.24, 2.45) is 0 Å². The number of nitrogens with one attached hydrogen (secondary N) is 1. The van der Waals surface area contributed by atoms with Crippen molar-refractivity contribution in [1.82, 2.24) is 9.55 Å². The summed E-state index contributed by atoms with van der Waals surface area (Å²) in [6.45, 7) is -0.535. The molecule has 4 atom stereocenters. The van der Waals surface area contributed by atoms with E-state index in [9.17, 15) is 24.6 Å². The van der Waals surface area contributed by atoms with E-state index < -0.39 is 48.5 Å². The second-order valence-corrected chi connectivity index (χ2v) is 5.88. The van der Waals surface area contributed by atoms with Crippen molar-refractivity contribution in [2.45, 2.75) is 24.5 Å². The van der Waals surface area contributed by atoms with E-state index in [1.54, 1.807) is 18.2 Å². The molecule has 10 nitrogen and oxygen atoms in total. The van der Waals surface area contributed by atoms with Crippen LogP contribution in [-0.2, 0) is 9.53 Å². The maximum absolute atomic E-state index is 12.2. The third-order valence-corrected chi connectivity index (χ3v) is 4.11. The highest BCUT2D eigenvalue weighted by Gasteiger charge is 2.43. The molecule has 10 heteroatoms. The van der Waals surface area contributed by atoms with Gasteiger partial charge < -0.3 is 25.4 Å². The minimum Gasteiger partial charge on any atom is -0.394 e. The highest BCUT2D eigenvalue weighted by molar-refractivity contribution is 6.46. The van der Waals surface area contributed by atoms with Crippen LogP contribution in [0.4, 0.5) is 5.82 Å². The van der Waals surface area contributed by atoms with Gasteiger partial charge in [-0.2, -0.15) is 4.98 Å². The number of aliphatic hydroxyl groups is 3. The molecule has 0 spiro atoms. The van der Waals surface area contributed by atoms with Crippen LogP contribution in [0.1, 0.15) is 16.6 Å². The van der Waals surface area contributed by atoms with Gasteiger partial charge in [0.05, 0.1) is 6.61 Å². The number of nitrogens with zero attached hydrogens (tertiary/aromatic N) is 2. The lowest BCUT2D eigenvalue weighted by Gasteiger charge is -2.17. The van der Waals surface area contributed by atoms with E-state index in [2.05, 4.69) is 10.3 Å². The number of carbonyl (C=O) groups is 2. The standard InChI is InChI=1S/C17H17N3O7/c21-8-10-13(23)14(24)16(27-10)20-7-6-11(19-17(20)26)18-15(25)12(22)9-4-2-1-3-5-9/h1-7,10,13-14,16,21,23-24H,8H2,(H,18,19,25,26)/t10-,13-,14-,16-/m1/s1. The van der Waals surface area contributed by atoms with Crippen LogP contribution >= 0.6 is 0 Å². The van der Waals surface area contributed by atoms with Crippen molar-refractivity contribution < 1.29 is 29.6 Å². The van der Waals surface area contributed by atoms with Crippen LogP contribution < -0.4 is 11.0 Å². The second-order valence-electron chi connectivity index (χ2n) is 5.88. The largest absolute Gasteiger partial charge is 0.394 e. The molecule has 1 aliphatic heterocycles. The van der Waals surface area contributed by atoms with Crippen LogP contribution in [0.2, 0.25) is 0 Å². The number of anilines is 1. The van der Waals surface area contributed by atoms with E-state index in [0.29, 0.717) is 0 Å². The zero-order valence-electron chi connectivity index (χ0n) is 13.9. The average molecular weight is 375 g/mol. The number of hydrogen-bond donors (Lipinski definition) is 4. The summed E-state index contributed by atoms with van der Waals surface area (Å²) in [6.07, 6.45) is -3.90. The molecule has 2 heterocycles. The third-order valence-electron chi connectivity index (χ3n) is 4.11. The Morgan fingerprint density at radius 3 is 2.44 bits per heavy atom. The molecule has 0 unspecified atom stereocenters. The second kappa shape index (κ2) is 7.76. The first-order valence-corrected chi connectivity index (χ1v) is 8.04. The van der Waals surface area contributed by atoms with Crippen LogP contribution in [0.3, 0.4) is 0 Å². The summed E-state index contributed by atoms with van der Waals surface area (Å²) in [5.74, 6) is -1.90. The Hall–Kier alpha value is -2.92. The van der Waals surface area contributed by atoms with Crippen molar-refractivity contribution in [3.05, 3.63) is 58.6 Å². The van der Waals surface area contributed by atoms with E-state index in [1.807, 2.05) is 0 Å². The van der Waals surface area contributed by atoms with Gasteiger partial charge in [0.15, 0.2) is 6.23 Å². The van der Waals surface area contributed by atoms with Gasteiger partial charge in [-0.3, -0.25) is 14.2 Å². The number of aliphatic hydroxyl groups excluding tert-OH is 3. The number of ketones is 1. The van der Waals surface area contributed by atoms with Gasteiger partial charge in [0.2, 0.25) is 0 Å². The summed E-state index contributed by atoms with van der Waals surface area (Å²) in [5, 5.41) is 31.1. The summed E-state index contributed by atoms with van der Waals surface area (Å²) in [6, 6.07) is 9.13. The number of aromatic nitrogens is 2. The summed E-state index contributed by atoms with van der Waals surface area (Å²) in [5.41, 5.74) is -0.690. The molecule has 3 rings (SSSR count). The molecule has 27 heavy (non-hydrogen) atoms. The van der Waals surface area contributed by atoms with Crippen molar-refractivity contribution >= 4 is 17.5 Å². The van der Waals surface area contributed by atoms with Crippen LogP contribution in [-0.4, -0.2) is 61.5 Å². The summed E-state index contributed by atoms with van der Waals surface area (Å²) in [7, 11) is 0. The number of rotatable bonds is 5.